The van der Waals surface area contributed by atoms with Crippen LogP contribution in [0.2, 0.25) is 0 Å². The van der Waals surface area contributed by atoms with E-state index in [9.17, 15) is 9.59 Å². The van der Waals surface area contributed by atoms with E-state index in [2.05, 4.69) is 43.1 Å². The Bertz CT molecular complexity index is 572. The fraction of sp³-hybridized carbons (Fsp3) is 0.600. The Morgan fingerprint density at radius 2 is 1.92 bits per heavy atom. The predicted octanol–water partition coefficient (Wildman–Crippen LogP) is 2.66. The average molecular weight is 345 g/mol. The van der Waals surface area contributed by atoms with Crippen molar-refractivity contribution in [3.8, 4) is 0 Å². The summed E-state index contributed by atoms with van der Waals surface area (Å²) in [6, 6.07) is 10.6. The molecule has 1 heterocycles. The predicted molar refractivity (Wildman–Crippen MR) is 102 cm³/mol. The topological polar surface area (TPSA) is 52.7 Å². The molecule has 2 atom stereocenters. The first-order chi connectivity index (χ1) is 12.0. The molecular formula is C20H31N3O2. The van der Waals surface area contributed by atoms with E-state index < -0.39 is 0 Å². The number of para-hydroxylation sites is 1. The van der Waals surface area contributed by atoms with E-state index >= 15 is 0 Å². The number of rotatable bonds is 8. The highest BCUT2D eigenvalue weighted by Gasteiger charge is 2.36. The van der Waals surface area contributed by atoms with Crippen molar-refractivity contribution in [2.45, 2.75) is 52.1 Å². The summed E-state index contributed by atoms with van der Waals surface area (Å²) in [5, 5.41) is 3.03. The minimum absolute atomic E-state index is 0.00452. The zero-order chi connectivity index (χ0) is 18.4. The van der Waals surface area contributed by atoms with E-state index in [4.69, 9.17) is 0 Å². The molecule has 0 saturated carbocycles. The van der Waals surface area contributed by atoms with Gasteiger partial charge in [-0.15, -0.1) is 0 Å². The zero-order valence-electron chi connectivity index (χ0n) is 15.9. The first kappa shape index (κ1) is 19.3. The third-order valence-electron chi connectivity index (χ3n) is 5.31. The van der Waals surface area contributed by atoms with Crippen LogP contribution in [0.25, 0.3) is 0 Å². The average Bonchev–Trinajstić information content (AvgIpc) is 3.02. The van der Waals surface area contributed by atoms with Crippen LogP contribution in [0.4, 0.5) is 5.69 Å². The number of nitrogens with one attached hydrogen (secondary N) is 1. The molecule has 2 amide bonds. The number of anilines is 1. The summed E-state index contributed by atoms with van der Waals surface area (Å²) in [5.41, 5.74) is 1.13. The standard InChI is InChI=1S/C20H31N3O2/c1-5-17(6-2)23-14-16(12-19(23)24)20(25)21-13-15(3)22(4)18-10-8-7-9-11-18/h7-11,15-17H,5-6,12-14H2,1-4H3,(H,21,25). The lowest BCUT2D eigenvalue weighted by Gasteiger charge is -2.28. The van der Waals surface area contributed by atoms with E-state index in [0.29, 0.717) is 19.5 Å². The highest BCUT2D eigenvalue weighted by molar-refractivity contribution is 5.89. The second kappa shape index (κ2) is 8.88. The number of amides is 2. The van der Waals surface area contributed by atoms with Gasteiger partial charge in [0.05, 0.1) is 5.92 Å². The summed E-state index contributed by atoms with van der Waals surface area (Å²) < 4.78 is 0. The maximum atomic E-state index is 12.5. The number of likely N-dealkylation sites (tertiary alicyclic amines) is 1. The molecule has 1 aromatic rings. The van der Waals surface area contributed by atoms with Crippen LogP contribution >= 0.6 is 0 Å². The van der Waals surface area contributed by atoms with E-state index in [-0.39, 0.29) is 29.8 Å². The third kappa shape index (κ3) is 4.74. The lowest BCUT2D eigenvalue weighted by atomic mass is 10.1. The quantitative estimate of drug-likeness (QED) is 0.788. The molecule has 1 aromatic carbocycles. The van der Waals surface area contributed by atoms with Crippen LogP contribution in [-0.2, 0) is 9.59 Å². The molecule has 0 spiro atoms. The molecule has 0 bridgehead atoms. The first-order valence-corrected chi connectivity index (χ1v) is 9.32. The van der Waals surface area contributed by atoms with Crippen LogP contribution in [0.1, 0.15) is 40.0 Å². The molecule has 5 heteroatoms. The highest BCUT2D eigenvalue weighted by Crippen LogP contribution is 2.23. The number of hydrogen-bond donors (Lipinski definition) is 1. The fourth-order valence-corrected chi connectivity index (χ4v) is 3.44. The van der Waals surface area contributed by atoms with Gasteiger partial charge in [0, 0.05) is 44.3 Å². The van der Waals surface area contributed by atoms with Gasteiger partial charge in [0.1, 0.15) is 0 Å². The SMILES string of the molecule is CCC(CC)N1CC(C(=O)NCC(C)N(C)c2ccccc2)CC1=O. The summed E-state index contributed by atoms with van der Waals surface area (Å²) in [7, 11) is 2.03. The molecule has 1 saturated heterocycles. The number of carbonyl (C=O) groups is 2. The molecule has 25 heavy (non-hydrogen) atoms. The van der Waals surface area contributed by atoms with Gasteiger partial charge in [-0.2, -0.15) is 0 Å². The van der Waals surface area contributed by atoms with Crippen molar-refractivity contribution < 1.29 is 9.59 Å². The molecule has 1 aliphatic rings. The number of carbonyl (C=O) groups excluding carboxylic acids is 2. The molecule has 1 aliphatic heterocycles. The molecule has 5 nitrogen and oxygen atoms in total. The maximum absolute atomic E-state index is 12.5. The van der Waals surface area contributed by atoms with Crippen LogP contribution < -0.4 is 10.2 Å². The Kier molecular flexibility index (Phi) is 6.85. The summed E-state index contributed by atoms with van der Waals surface area (Å²) in [5.74, 6) is -0.110. The van der Waals surface area contributed by atoms with Crippen LogP contribution in [-0.4, -0.2) is 48.9 Å². The van der Waals surface area contributed by atoms with Gasteiger partial charge in [-0.05, 0) is 31.9 Å². The summed E-state index contributed by atoms with van der Waals surface area (Å²) in [6.07, 6.45) is 2.22. The second-order valence-electron chi connectivity index (χ2n) is 6.96. The van der Waals surface area contributed by atoms with Crippen molar-refractivity contribution in [1.29, 1.82) is 0 Å². The number of hydrogen-bond acceptors (Lipinski definition) is 3. The molecule has 1 N–H and O–H groups in total. The van der Waals surface area contributed by atoms with Crippen molar-refractivity contribution in [3.63, 3.8) is 0 Å². The van der Waals surface area contributed by atoms with Crippen molar-refractivity contribution in [2.75, 3.05) is 25.0 Å². The zero-order valence-corrected chi connectivity index (χ0v) is 15.9. The molecule has 2 unspecified atom stereocenters. The van der Waals surface area contributed by atoms with E-state index in [0.717, 1.165) is 18.5 Å². The monoisotopic (exact) mass is 345 g/mol. The Labute approximate surface area is 151 Å². The Morgan fingerprint density at radius 1 is 1.28 bits per heavy atom. The Morgan fingerprint density at radius 3 is 2.52 bits per heavy atom. The smallest absolute Gasteiger partial charge is 0.225 e. The molecule has 1 fully saturated rings. The molecule has 0 aliphatic carbocycles. The van der Waals surface area contributed by atoms with Gasteiger partial charge >= 0.3 is 0 Å². The maximum Gasteiger partial charge on any atom is 0.225 e. The van der Waals surface area contributed by atoms with Crippen molar-refractivity contribution in [3.05, 3.63) is 30.3 Å². The van der Waals surface area contributed by atoms with Crippen molar-refractivity contribution >= 4 is 17.5 Å². The van der Waals surface area contributed by atoms with E-state index in [1.807, 2.05) is 30.1 Å². The molecule has 0 aromatic heterocycles. The van der Waals surface area contributed by atoms with Crippen LogP contribution in [0.3, 0.4) is 0 Å². The van der Waals surface area contributed by atoms with Gasteiger partial charge in [-0.1, -0.05) is 32.0 Å². The van der Waals surface area contributed by atoms with Crippen LogP contribution in [0.5, 0.6) is 0 Å². The number of likely N-dealkylation sites (N-methyl/N-ethyl adjacent to an activating group) is 1. The molecule has 2 rings (SSSR count). The first-order valence-electron chi connectivity index (χ1n) is 9.32. The van der Waals surface area contributed by atoms with Gasteiger partial charge in [0.25, 0.3) is 0 Å². The fourth-order valence-electron chi connectivity index (χ4n) is 3.44. The highest BCUT2D eigenvalue weighted by atomic mass is 16.2. The van der Waals surface area contributed by atoms with E-state index in [1.165, 1.54) is 0 Å². The van der Waals surface area contributed by atoms with Gasteiger partial charge in [-0.25, -0.2) is 0 Å². The van der Waals surface area contributed by atoms with Crippen molar-refractivity contribution in [2.24, 2.45) is 5.92 Å². The molecule has 138 valence electrons. The van der Waals surface area contributed by atoms with Gasteiger partial charge in [-0.3, -0.25) is 9.59 Å². The van der Waals surface area contributed by atoms with Gasteiger partial charge in [0.2, 0.25) is 11.8 Å². The molecular weight excluding hydrogens is 314 g/mol. The number of nitrogens with zero attached hydrogens (tertiary/aromatic N) is 2. The van der Waals surface area contributed by atoms with Gasteiger partial charge in [0.15, 0.2) is 0 Å². The van der Waals surface area contributed by atoms with Gasteiger partial charge < -0.3 is 15.1 Å². The normalized spacial score (nSPS) is 18.5. The Balaban J connectivity index is 1.85. The lowest BCUT2D eigenvalue weighted by Crippen LogP contribution is -2.43. The largest absolute Gasteiger partial charge is 0.370 e. The lowest BCUT2D eigenvalue weighted by molar-refractivity contribution is -0.130. The summed E-state index contributed by atoms with van der Waals surface area (Å²) >= 11 is 0. The molecule has 0 radical (unpaired) electrons. The summed E-state index contributed by atoms with van der Waals surface area (Å²) in [6.45, 7) is 7.40. The van der Waals surface area contributed by atoms with E-state index in [1.54, 1.807) is 0 Å². The number of benzene rings is 1. The summed E-state index contributed by atoms with van der Waals surface area (Å²) in [4.78, 5) is 28.8. The minimum Gasteiger partial charge on any atom is -0.370 e. The third-order valence-corrected chi connectivity index (χ3v) is 5.31. The second-order valence-corrected chi connectivity index (χ2v) is 6.96. The van der Waals surface area contributed by atoms with Crippen LogP contribution in [0.15, 0.2) is 30.3 Å². The minimum atomic E-state index is -0.220. The van der Waals surface area contributed by atoms with Crippen LogP contribution in [0, 0.1) is 5.92 Å². The Hall–Kier alpha value is -2.04. The van der Waals surface area contributed by atoms with Crippen molar-refractivity contribution in [1.82, 2.24) is 10.2 Å².